The third-order valence-corrected chi connectivity index (χ3v) is 3.94. The van der Waals surface area contributed by atoms with Crippen LogP contribution in [0.25, 0.3) is 0 Å². The summed E-state index contributed by atoms with van der Waals surface area (Å²) in [6, 6.07) is 14.2. The van der Waals surface area contributed by atoms with Crippen LogP contribution in [-0.2, 0) is 4.79 Å². The molecule has 0 bridgehead atoms. The van der Waals surface area contributed by atoms with E-state index in [1.807, 2.05) is 24.3 Å². The molecule has 0 atom stereocenters. The van der Waals surface area contributed by atoms with Crippen LogP contribution in [0.15, 0.2) is 53.0 Å². The summed E-state index contributed by atoms with van der Waals surface area (Å²) in [4.78, 5) is 25.5. The van der Waals surface area contributed by atoms with Crippen LogP contribution in [0.5, 0.6) is 0 Å². The van der Waals surface area contributed by atoms with Crippen LogP contribution in [-0.4, -0.2) is 24.9 Å². The van der Waals surface area contributed by atoms with Gasteiger partial charge in [0.1, 0.15) is 0 Å². The van der Waals surface area contributed by atoms with Gasteiger partial charge in [0.2, 0.25) is 5.91 Å². The van der Waals surface area contributed by atoms with Gasteiger partial charge < -0.3 is 10.2 Å². The second kappa shape index (κ2) is 8.13. The number of amides is 2. The van der Waals surface area contributed by atoms with Crippen LogP contribution >= 0.6 is 27.5 Å². The van der Waals surface area contributed by atoms with Crippen molar-refractivity contribution in [1.29, 1.82) is 0 Å². The smallest absolute Gasteiger partial charge is 0.251 e. The van der Waals surface area contributed by atoms with Crippen LogP contribution in [0.3, 0.4) is 0 Å². The molecule has 0 saturated carbocycles. The van der Waals surface area contributed by atoms with Crippen molar-refractivity contribution in [2.75, 3.05) is 18.0 Å². The van der Waals surface area contributed by atoms with Gasteiger partial charge in [-0.1, -0.05) is 39.7 Å². The van der Waals surface area contributed by atoms with E-state index < -0.39 is 0 Å². The number of nitrogens with zero attached hydrogens (tertiary/aromatic N) is 1. The van der Waals surface area contributed by atoms with E-state index in [1.165, 1.54) is 6.92 Å². The fourth-order valence-electron chi connectivity index (χ4n) is 2.13. The van der Waals surface area contributed by atoms with Crippen molar-refractivity contribution in [3.63, 3.8) is 0 Å². The number of hydrogen-bond donors (Lipinski definition) is 1. The molecule has 0 saturated heterocycles. The number of benzene rings is 2. The summed E-state index contributed by atoms with van der Waals surface area (Å²) in [6.07, 6.45) is 0. The van der Waals surface area contributed by atoms with Crippen molar-refractivity contribution in [3.8, 4) is 0 Å². The lowest BCUT2D eigenvalue weighted by atomic mass is 10.2. The molecule has 0 aliphatic carbocycles. The van der Waals surface area contributed by atoms with Gasteiger partial charge >= 0.3 is 0 Å². The summed E-state index contributed by atoms with van der Waals surface area (Å²) in [5, 5.41) is 3.30. The average molecular weight is 396 g/mol. The average Bonchev–Trinajstić information content (AvgIpc) is 2.51. The van der Waals surface area contributed by atoms with Gasteiger partial charge in [-0.05, 0) is 36.4 Å². The predicted molar refractivity (Wildman–Crippen MR) is 96.0 cm³/mol. The van der Waals surface area contributed by atoms with Gasteiger partial charge in [0.15, 0.2) is 0 Å². The SMILES string of the molecule is CC(=O)N(CCNC(=O)c1cccc(Cl)c1)c1cccc(Br)c1. The van der Waals surface area contributed by atoms with Gasteiger partial charge in [-0.15, -0.1) is 0 Å². The molecule has 6 heteroatoms. The van der Waals surface area contributed by atoms with E-state index in [1.54, 1.807) is 29.2 Å². The summed E-state index contributed by atoms with van der Waals surface area (Å²) >= 11 is 9.26. The zero-order chi connectivity index (χ0) is 16.8. The van der Waals surface area contributed by atoms with E-state index in [9.17, 15) is 9.59 Å². The molecule has 0 aliphatic heterocycles. The largest absolute Gasteiger partial charge is 0.350 e. The molecule has 0 aliphatic rings. The zero-order valence-electron chi connectivity index (χ0n) is 12.6. The highest BCUT2D eigenvalue weighted by molar-refractivity contribution is 9.10. The van der Waals surface area contributed by atoms with Crippen LogP contribution in [0, 0.1) is 0 Å². The maximum atomic E-state index is 12.1. The van der Waals surface area contributed by atoms with E-state index in [-0.39, 0.29) is 11.8 Å². The third kappa shape index (κ3) is 5.08. The summed E-state index contributed by atoms with van der Waals surface area (Å²) < 4.78 is 0.893. The Bertz CT molecular complexity index is 721. The fourth-order valence-corrected chi connectivity index (χ4v) is 2.70. The van der Waals surface area contributed by atoms with Crippen LogP contribution in [0.4, 0.5) is 5.69 Å². The van der Waals surface area contributed by atoms with Crippen molar-refractivity contribution in [1.82, 2.24) is 5.32 Å². The minimum atomic E-state index is -0.217. The van der Waals surface area contributed by atoms with Gasteiger partial charge in [0.25, 0.3) is 5.91 Å². The molecule has 120 valence electrons. The van der Waals surface area contributed by atoms with E-state index in [2.05, 4.69) is 21.2 Å². The first-order chi connectivity index (χ1) is 11.0. The highest BCUT2D eigenvalue weighted by Gasteiger charge is 2.12. The van der Waals surface area contributed by atoms with Crippen molar-refractivity contribution >= 4 is 45.0 Å². The summed E-state index contributed by atoms with van der Waals surface area (Å²) in [5.74, 6) is -0.301. The summed E-state index contributed by atoms with van der Waals surface area (Å²) in [7, 11) is 0. The van der Waals surface area contributed by atoms with Gasteiger partial charge in [-0.3, -0.25) is 9.59 Å². The zero-order valence-corrected chi connectivity index (χ0v) is 14.9. The predicted octanol–water partition coefficient (Wildman–Crippen LogP) is 3.89. The Kier molecular flexibility index (Phi) is 6.19. The molecule has 2 amide bonds. The Morgan fingerprint density at radius 3 is 2.57 bits per heavy atom. The molecule has 0 heterocycles. The van der Waals surface area contributed by atoms with Crippen LogP contribution in [0.1, 0.15) is 17.3 Å². The van der Waals surface area contributed by atoms with Crippen LogP contribution in [0.2, 0.25) is 5.02 Å². The first-order valence-corrected chi connectivity index (χ1v) is 8.22. The second-order valence-corrected chi connectivity index (χ2v) is 6.27. The van der Waals surface area contributed by atoms with E-state index in [4.69, 9.17) is 11.6 Å². The number of rotatable bonds is 5. The van der Waals surface area contributed by atoms with E-state index >= 15 is 0 Å². The Labute approximate surface area is 148 Å². The molecule has 0 unspecified atom stereocenters. The Morgan fingerprint density at radius 1 is 1.17 bits per heavy atom. The molecule has 4 nitrogen and oxygen atoms in total. The highest BCUT2D eigenvalue weighted by atomic mass is 79.9. The topological polar surface area (TPSA) is 49.4 Å². The van der Waals surface area contributed by atoms with Gasteiger partial charge in [0, 0.05) is 40.8 Å². The number of halogens is 2. The Morgan fingerprint density at radius 2 is 1.91 bits per heavy atom. The molecule has 2 rings (SSSR count). The van der Waals surface area contributed by atoms with Crippen LogP contribution < -0.4 is 10.2 Å². The molecule has 0 fully saturated rings. The summed E-state index contributed by atoms with van der Waals surface area (Å²) in [5.41, 5.74) is 1.28. The van der Waals surface area contributed by atoms with Crippen molar-refractivity contribution < 1.29 is 9.59 Å². The van der Waals surface area contributed by atoms with E-state index in [0.29, 0.717) is 23.7 Å². The van der Waals surface area contributed by atoms with Gasteiger partial charge in [0.05, 0.1) is 0 Å². The van der Waals surface area contributed by atoms with Crippen molar-refractivity contribution in [2.24, 2.45) is 0 Å². The normalized spacial score (nSPS) is 10.2. The lowest BCUT2D eigenvalue weighted by Gasteiger charge is -2.21. The Hall–Kier alpha value is -1.85. The third-order valence-electron chi connectivity index (χ3n) is 3.21. The maximum Gasteiger partial charge on any atom is 0.251 e. The maximum absolute atomic E-state index is 12.1. The fraction of sp³-hybridized carbons (Fsp3) is 0.176. The standard InChI is InChI=1S/C17H16BrClN2O2/c1-12(22)21(16-7-3-5-14(18)11-16)9-8-20-17(23)13-4-2-6-15(19)10-13/h2-7,10-11H,8-9H2,1H3,(H,20,23). The molecule has 2 aromatic rings. The quantitative estimate of drug-likeness (QED) is 0.835. The number of anilines is 1. The summed E-state index contributed by atoms with van der Waals surface area (Å²) in [6.45, 7) is 2.23. The van der Waals surface area contributed by atoms with Crippen molar-refractivity contribution in [3.05, 3.63) is 63.6 Å². The molecular weight excluding hydrogens is 380 g/mol. The first kappa shape index (κ1) is 17.5. The number of carbonyl (C=O) groups is 2. The first-order valence-electron chi connectivity index (χ1n) is 7.05. The molecule has 2 aromatic carbocycles. The minimum Gasteiger partial charge on any atom is -0.350 e. The van der Waals surface area contributed by atoms with Crippen molar-refractivity contribution in [2.45, 2.75) is 6.92 Å². The lowest BCUT2D eigenvalue weighted by molar-refractivity contribution is -0.116. The van der Waals surface area contributed by atoms with Gasteiger partial charge in [-0.2, -0.15) is 0 Å². The molecule has 23 heavy (non-hydrogen) atoms. The Balaban J connectivity index is 1.97. The van der Waals surface area contributed by atoms with Gasteiger partial charge in [-0.25, -0.2) is 0 Å². The molecular formula is C17H16BrClN2O2. The molecule has 0 aromatic heterocycles. The monoisotopic (exact) mass is 394 g/mol. The lowest BCUT2D eigenvalue weighted by Crippen LogP contribution is -2.37. The highest BCUT2D eigenvalue weighted by Crippen LogP contribution is 2.19. The number of hydrogen-bond acceptors (Lipinski definition) is 2. The molecule has 1 N–H and O–H groups in total. The molecule has 0 radical (unpaired) electrons. The number of nitrogens with one attached hydrogen (secondary N) is 1. The second-order valence-electron chi connectivity index (χ2n) is 4.92. The minimum absolute atomic E-state index is 0.0832. The molecule has 0 spiro atoms. The van der Waals surface area contributed by atoms with E-state index in [0.717, 1.165) is 10.2 Å². The number of carbonyl (C=O) groups excluding carboxylic acids is 2.